The smallest absolute Gasteiger partial charge is 0.132 e. The van der Waals surface area contributed by atoms with Crippen LogP contribution in [0.2, 0.25) is 0 Å². The first-order valence-corrected chi connectivity index (χ1v) is 8.09. The van der Waals surface area contributed by atoms with Crippen molar-refractivity contribution in [2.24, 2.45) is 0 Å². The lowest BCUT2D eigenvalue weighted by atomic mass is 9.96. The zero-order chi connectivity index (χ0) is 15.8. The van der Waals surface area contributed by atoms with Gasteiger partial charge in [0.15, 0.2) is 0 Å². The normalized spacial score (nSPS) is 16.9. The van der Waals surface area contributed by atoms with Gasteiger partial charge in [-0.1, -0.05) is 12.1 Å². The van der Waals surface area contributed by atoms with Crippen LogP contribution < -0.4 is 5.73 Å². The molecule has 0 unspecified atom stereocenters. The maximum atomic E-state index is 5.88. The van der Waals surface area contributed by atoms with Crippen LogP contribution in [0.3, 0.4) is 0 Å². The number of nitrogen functional groups attached to an aromatic ring is 1. The summed E-state index contributed by atoms with van der Waals surface area (Å²) in [6.45, 7) is 2.24. The number of hydrogen-bond acceptors (Lipinski definition) is 4. The van der Waals surface area contributed by atoms with E-state index in [1.54, 1.807) is 0 Å². The van der Waals surface area contributed by atoms with Gasteiger partial charge in [-0.2, -0.15) is 0 Å². The SMILES string of the molecule is CN1CCC(c2ncc3[nH]c(-c4cccc(N)c4)cc3n2)CC1. The number of hydrogen-bond donors (Lipinski definition) is 2. The lowest BCUT2D eigenvalue weighted by Crippen LogP contribution is -2.29. The van der Waals surface area contributed by atoms with Crippen molar-refractivity contribution in [1.29, 1.82) is 0 Å². The number of H-pyrrole nitrogens is 1. The summed E-state index contributed by atoms with van der Waals surface area (Å²) in [6.07, 6.45) is 4.18. The number of nitrogens with one attached hydrogen (secondary N) is 1. The first kappa shape index (κ1) is 14.2. The summed E-state index contributed by atoms with van der Waals surface area (Å²) in [5.41, 5.74) is 10.7. The zero-order valence-electron chi connectivity index (χ0n) is 13.3. The van der Waals surface area contributed by atoms with Gasteiger partial charge < -0.3 is 15.6 Å². The Bertz CT molecular complexity index is 830. The number of aromatic amines is 1. The van der Waals surface area contributed by atoms with Gasteiger partial charge in [-0.3, -0.25) is 0 Å². The second-order valence-corrected chi connectivity index (χ2v) is 6.41. The van der Waals surface area contributed by atoms with E-state index < -0.39 is 0 Å². The number of nitrogens with two attached hydrogens (primary N) is 1. The van der Waals surface area contributed by atoms with Gasteiger partial charge in [-0.25, -0.2) is 9.97 Å². The van der Waals surface area contributed by atoms with Crippen LogP contribution >= 0.6 is 0 Å². The molecule has 5 nitrogen and oxygen atoms in total. The molecule has 0 spiro atoms. The molecule has 0 amide bonds. The van der Waals surface area contributed by atoms with Crippen LogP contribution in [0.4, 0.5) is 5.69 Å². The molecule has 23 heavy (non-hydrogen) atoms. The van der Waals surface area contributed by atoms with E-state index in [0.717, 1.165) is 59.7 Å². The molecule has 1 aromatic carbocycles. The molecule has 1 saturated heterocycles. The Morgan fingerprint density at radius 2 is 2.04 bits per heavy atom. The number of piperidine rings is 1. The van der Waals surface area contributed by atoms with Crippen LogP contribution in [0.15, 0.2) is 36.5 Å². The van der Waals surface area contributed by atoms with Crippen molar-refractivity contribution in [3.05, 3.63) is 42.4 Å². The summed E-state index contributed by atoms with van der Waals surface area (Å²) in [6, 6.07) is 9.96. The largest absolute Gasteiger partial charge is 0.399 e. The Labute approximate surface area is 135 Å². The van der Waals surface area contributed by atoms with E-state index in [9.17, 15) is 0 Å². The minimum Gasteiger partial charge on any atom is -0.399 e. The number of likely N-dealkylation sites (tertiary alicyclic amines) is 1. The maximum absolute atomic E-state index is 5.88. The number of anilines is 1. The van der Waals surface area contributed by atoms with Gasteiger partial charge in [0, 0.05) is 22.9 Å². The minimum atomic E-state index is 0.473. The lowest BCUT2D eigenvalue weighted by Gasteiger charge is -2.27. The fourth-order valence-electron chi connectivity index (χ4n) is 3.26. The standard InChI is InChI=1S/C18H21N5/c1-23-7-5-12(6-8-23)18-20-11-17-16(22-18)10-15(21-17)13-3-2-4-14(19)9-13/h2-4,9-12,21H,5-8,19H2,1H3. The van der Waals surface area contributed by atoms with Crippen LogP contribution in [-0.2, 0) is 0 Å². The highest BCUT2D eigenvalue weighted by Crippen LogP contribution is 2.28. The molecule has 0 bridgehead atoms. The van der Waals surface area contributed by atoms with E-state index in [1.165, 1.54) is 0 Å². The number of rotatable bonds is 2. The Hall–Kier alpha value is -2.40. The Morgan fingerprint density at radius 3 is 2.83 bits per heavy atom. The van der Waals surface area contributed by atoms with E-state index in [-0.39, 0.29) is 0 Å². The number of benzene rings is 1. The van der Waals surface area contributed by atoms with E-state index in [0.29, 0.717) is 5.92 Å². The monoisotopic (exact) mass is 307 g/mol. The zero-order valence-corrected chi connectivity index (χ0v) is 13.3. The van der Waals surface area contributed by atoms with Crippen molar-refractivity contribution < 1.29 is 0 Å². The summed E-state index contributed by atoms with van der Waals surface area (Å²) in [7, 11) is 2.17. The molecule has 1 fully saturated rings. The van der Waals surface area contributed by atoms with Crippen molar-refractivity contribution in [1.82, 2.24) is 19.9 Å². The highest BCUT2D eigenvalue weighted by atomic mass is 15.1. The third-order valence-corrected chi connectivity index (χ3v) is 4.67. The molecule has 0 atom stereocenters. The summed E-state index contributed by atoms with van der Waals surface area (Å²) >= 11 is 0. The van der Waals surface area contributed by atoms with Crippen molar-refractivity contribution in [3.8, 4) is 11.3 Å². The second kappa shape index (κ2) is 5.66. The second-order valence-electron chi connectivity index (χ2n) is 6.41. The van der Waals surface area contributed by atoms with E-state index in [2.05, 4.69) is 28.0 Å². The van der Waals surface area contributed by atoms with Crippen LogP contribution in [0, 0.1) is 0 Å². The highest BCUT2D eigenvalue weighted by molar-refractivity contribution is 5.82. The number of aromatic nitrogens is 3. The molecule has 5 heteroatoms. The molecule has 1 aliphatic rings. The molecule has 4 rings (SSSR count). The summed E-state index contributed by atoms with van der Waals surface area (Å²) < 4.78 is 0. The molecule has 3 aromatic rings. The van der Waals surface area contributed by atoms with Gasteiger partial charge in [-0.15, -0.1) is 0 Å². The molecule has 3 N–H and O–H groups in total. The third kappa shape index (κ3) is 2.80. The molecule has 0 aliphatic carbocycles. The molecular weight excluding hydrogens is 286 g/mol. The third-order valence-electron chi connectivity index (χ3n) is 4.67. The average Bonchev–Trinajstić information content (AvgIpc) is 2.99. The maximum Gasteiger partial charge on any atom is 0.132 e. The van der Waals surface area contributed by atoms with Crippen molar-refractivity contribution in [3.63, 3.8) is 0 Å². The molecule has 118 valence electrons. The summed E-state index contributed by atoms with van der Waals surface area (Å²) in [4.78, 5) is 15.1. The Morgan fingerprint density at radius 1 is 1.22 bits per heavy atom. The predicted octanol–water partition coefficient (Wildman–Crippen LogP) is 3.02. The van der Waals surface area contributed by atoms with Gasteiger partial charge in [0.05, 0.1) is 17.2 Å². The van der Waals surface area contributed by atoms with E-state index in [4.69, 9.17) is 10.7 Å². The molecule has 1 aliphatic heterocycles. The van der Waals surface area contributed by atoms with Gasteiger partial charge in [0.25, 0.3) is 0 Å². The van der Waals surface area contributed by atoms with Gasteiger partial charge in [0.1, 0.15) is 5.82 Å². The van der Waals surface area contributed by atoms with Crippen molar-refractivity contribution >= 4 is 16.7 Å². The van der Waals surface area contributed by atoms with Crippen LogP contribution in [0.25, 0.3) is 22.3 Å². The minimum absolute atomic E-state index is 0.473. The van der Waals surface area contributed by atoms with Gasteiger partial charge in [0.2, 0.25) is 0 Å². The molecule has 2 aromatic heterocycles. The Balaban J connectivity index is 1.67. The molecule has 0 saturated carbocycles. The van der Waals surface area contributed by atoms with E-state index >= 15 is 0 Å². The predicted molar refractivity (Wildman–Crippen MR) is 93.2 cm³/mol. The number of fused-ring (bicyclic) bond motifs is 1. The van der Waals surface area contributed by atoms with Crippen LogP contribution in [0.1, 0.15) is 24.6 Å². The van der Waals surface area contributed by atoms with Crippen LogP contribution in [0.5, 0.6) is 0 Å². The van der Waals surface area contributed by atoms with Gasteiger partial charge in [-0.05, 0) is 51.2 Å². The first-order valence-electron chi connectivity index (χ1n) is 8.09. The summed E-state index contributed by atoms with van der Waals surface area (Å²) in [5, 5.41) is 0. The molecular formula is C18H21N5. The highest BCUT2D eigenvalue weighted by Gasteiger charge is 2.21. The van der Waals surface area contributed by atoms with E-state index in [1.807, 2.05) is 30.5 Å². The molecule has 3 heterocycles. The average molecular weight is 307 g/mol. The summed E-state index contributed by atoms with van der Waals surface area (Å²) in [5.74, 6) is 1.45. The lowest BCUT2D eigenvalue weighted by molar-refractivity contribution is 0.251. The Kier molecular flexibility index (Phi) is 3.50. The number of nitrogens with zero attached hydrogens (tertiary/aromatic N) is 3. The fraction of sp³-hybridized carbons (Fsp3) is 0.333. The van der Waals surface area contributed by atoms with Crippen LogP contribution in [-0.4, -0.2) is 40.0 Å². The van der Waals surface area contributed by atoms with Crippen molar-refractivity contribution in [2.75, 3.05) is 25.9 Å². The molecule has 0 radical (unpaired) electrons. The first-order chi connectivity index (χ1) is 11.2. The fourth-order valence-corrected chi connectivity index (χ4v) is 3.26. The quantitative estimate of drug-likeness (QED) is 0.714. The topological polar surface area (TPSA) is 70.8 Å². The van der Waals surface area contributed by atoms with Crippen molar-refractivity contribution in [2.45, 2.75) is 18.8 Å². The van der Waals surface area contributed by atoms with Gasteiger partial charge >= 0.3 is 0 Å².